The molecule has 0 amide bonds. The Bertz CT molecular complexity index is 416. The van der Waals surface area contributed by atoms with Crippen LogP contribution in [0.15, 0.2) is 25.3 Å². The third-order valence-electron chi connectivity index (χ3n) is 2.18. The van der Waals surface area contributed by atoms with E-state index in [4.69, 9.17) is 20.4 Å². The average molecular weight is 378 g/mol. The summed E-state index contributed by atoms with van der Waals surface area (Å²) in [6.45, 7) is 9.14. The number of hydrogen-bond donors (Lipinski definition) is 4. The van der Waals surface area contributed by atoms with Gasteiger partial charge in [-0.2, -0.15) is 0 Å². The van der Waals surface area contributed by atoms with Crippen LogP contribution in [0.5, 0.6) is 0 Å². The number of aliphatic hydroxyl groups is 2. The van der Waals surface area contributed by atoms with Crippen molar-refractivity contribution in [3.63, 3.8) is 0 Å². The first-order chi connectivity index (χ1) is 12.1. The molecule has 0 aliphatic heterocycles. The van der Waals surface area contributed by atoms with Crippen LogP contribution in [0.2, 0.25) is 0 Å². The normalized spacial score (nSPS) is 11.1. The smallest absolute Gasteiger partial charge is 0.344 e. The molecular formula is C16H26O10. The van der Waals surface area contributed by atoms with Gasteiger partial charge in [-0.3, -0.25) is 0 Å². The zero-order chi connectivity index (χ0) is 21.1. The molecule has 0 bridgehead atoms. The summed E-state index contributed by atoms with van der Waals surface area (Å²) in [5.41, 5.74) is 0. The summed E-state index contributed by atoms with van der Waals surface area (Å²) in [4.78, 5) is 40.7. The largest absolute Gasteiger partial charge is 0.479 e. The molecule has 0 saturated carbocycles. The molecule has 0 aromatic heterocycles. The molecule has 4 N–H and O–H groups in total. The lowest BCUT2D eigenvalue weighted by molar-refractivity contribution is -0.159. The maximum atomic E-state index is 10.3. The second-order valence-electron chi connectivity index (χ2n) is 4.40. The van der Waals surface area contributed by atoms with Gasteiger partial charge in [-0.1, -0.05) is 13.2 Å². The van der Waals surface area contributed by atoms with E-state index >= 15 is 0 Å². The van der Waals surface area contributed by atoms with E-state index in [0.717, 1.165) is 25.0 Å². The van der Waals surface area contributed by atoms with Crippen molar-refractivity contribution in [2.75, 3.05) is 13.2 Å². The zero-order valence-electron chi connectivity index (χ0n) is 14.8. The standard InChI is InChI=1S/2C6H8O4.C4H10O2/c2*1-3-5(7)10-4(2)6(8)9;5-3-1-2-4-6/h2*3-4H,1H2,2H3,(H,8,9);5-6H,1-4H2. The van der Waals surface area contributed by atoms with Gasteiger partial charge in [0.2, 0.25) is 0 Å². The second-order valence-corrected chi connectivity index (χ2v) is 4.40. The lowest BCUT2D eigenvalue weighted by atomic mass is 10.3. The van der Waals surface area contributed by atoms with Gasteiger partial charge in [-0.15, -0.1) is 0 Å². The van der Waals surface area contributed by atoms with E-state index in [-0.39, 0.29) is 13.2 Å². The topological polar surface area (TPSA) is 168 Å². The third kappa shape index (κ3) is 21.3. The molecule has 0 aromatic carbocycles. The van der Waals surface area contributed by atoms with E-state index in [0.29, 0.717) is 0 Å². The molecule has 0 heterocycles. The van der Waals surface area contributed by atoms with Crippen molar-refractivity contribution < 1.29 is 49.1 Å². The highest BCUT2D eigenvalue weighted by molar-refractivity contribution is 5.84. The van der Waals surface area contributed by atoms with Gasteiger partial charge in [0.1, 0.15) is 0 Å². The number of carboxylic acids is 2. The number of esters is 2. The van der Waals surface area contributed by atoms with Gasteiger partial charge in [0.15, 0.2) is 12.2 Å². The molecule has 0 aromatic rings. The summed E-state index contributed by atoms with van der Waals surface area (Å²) in [5, 5.41) is 32.6. The van der Waals surface area contributed by atoms with Crippen molar-refractivity contribution in [3.05, 3.63) is 25.3 Å². The molecule has 0 aliphatic rings. The monoisotopic (exact) mass is 378 g/mol. The molecule has 0 rings (SSSR count). The van der Waals surface area contributed by atoms with E-state index in [2.05, 4.69) is 22.6 Å². The summed E-state index contributed by atoms with van der Waals surface area (Å²) < 4.78 is 8.61. The van der Waals surface area contributed by atoms with Gasteiger partial charge >= 0.3 is 23.9 Å². The predicted octanol–water partition coefficient (Wildman–Crippen LogP) is 0.129. The SMILES string of the molecule is C=CC(=O)OC(C)C(=O)O.C=CC(=O)OC(C)C(=O)O.OCCCCO. The fraction of sp³-hybridized carbons (Fsp3) is 0.500. The highest BCUT2D eigenvalue weighted by Crippen LogP contribution is 1.91. The zero-order valence-corrected chi connectivity index (χ0v) is 14.8. The maximum Gasteiger partial charge on any atom is 0.344 e. The Morgan fingerprint density at radius 3 is 1.23 bits per heavy atom. The lowest BCUT2D eigenvalue weighted by Gasteiger charge is -2.04. The molecule has 0 fully saturated rings. The Hall–Kier alpha value is -2.72. The third-order valence-corrected chi connectivity index (χ3v) is 2.18. The van der Waals surface area contributed by atoms with Gasteiger partial charge in [0, 0.05) is 25.4 Å². The van der Waals surface area contributed by atoms with E-state index < -0.39 is 36.1 Å². The summed E-state index contributed by atoms with van der Waals surface area (Å²) in [7, 11) is 0. The Morgan fingerprint density at radius 2 is 1.08 bits per heavy atom. The summed E-state index contributed by atoms with van der Waals surface area (Å²) >= 11 is 0. The van der Waals surface area contributed by atoms with Gasteiger partial charge in [-0.25, -0.2) is 19.2 Å². The number of aliphatic hydroxyl groups excluding tert-OH is 2. The van der Waals surface area contributed by atoms with Crippen LogP contribution >= 0.6 is 0 Å². The first kappa shape index (κ1) is 28.1. The van der Waals surface area contributed by atoms with Crippen molar-refractivity contribution in [1.29, 1.82) is 0 Å². The Balaban J connectivity index is -0.000000316. The summed E-state index contributed by atoms with van der Waals surface area (Å²) in [6, 6.07) is 0. The highest BCUT2D eigenvalue weighted by Gasteiger charge is 2.14. The summed E-state index contributed by atoms with van der Waals surface area (Å²) in [5.74, 6) is -3.80. The highest BCUT2D eigenvalue weighted by atomic mass is 16.6. The molecule has 2 unspecified atom stereocenters. The van der Waals surface area contributed by atoms with Crippen LogP contribution in [-0.2, 0) is 28.7 Å². The first-order valence-electron chi connectivity index (χ1n) is 7.40. The van der Waals surface area contributed by atoms with Crippen LogP contribution in [0.4, 0.5) is 0 Å². The molecule has 26 heavy (non-hydrogen) atoms. The maximum absolute atomic E-state index is 10.3. The van der Waals surface area contributed by atoms with E-state index in [9.17, 15) is 19.2 Å². The molecule has 10 heteroatoms. The second kappa shape index (κ2) is 18.6. The minimum absolute atomic E-state index is 0.195. The number of hydrogen-bond acceptors (Lipinski definition) is 8. The van der Waals surface area contributed by atoms with E-state index in [1.165, 1.54) is 13.8 Å². The molecule has 10 nitrogen and oxygen atoms in total. The van der Waals surface area contributed by atoms with Crippen molar-refractivity contribution >= 4 is 23.9 Å². The Kier molecular flexibility index (Phi) is 20.1. The molecule has 0 spiro atoms. The average Bonchev–Trinajstić information content (AvgIpc) is 2.60. The van der Waals surface area contributed by atoms with Gasteiger partial charge in [0.25, 0.3) is 0 Å². The molecule has 0 saturated heterocycles. The van der Waals surface area contributed by atoms with Crippen LogP contribution in [-0.4, -0.2) is 69.7 Å². The molecule has 150 valence electrons. The van der Waals surface area contributed by atoms with Crippen molar-refractivity contribution in [1.82, 2.24) is 0 Å². The van der Waals surface area contributed by atoms with Crippen molar-refractivity contribution in [2.24, 2.45) is 0 Å². The number of unbranched alkanes of at least 4 members (excludes halogenated alkanes) is 1. The van der Waals surface area contributed by atoms with Gasteiger partial charge in [0.05, 0.1) is 0 Å². The van der Waals surface area contributed by atoms with Crippen molar-refractivity contribution in [3.8, 4) is 0 Å². The number of aliphatic carboxylic acids is 2. The fourth-order valence-electron chi connectivity index (χ4n) is 0.769. The van der Waals surface area contributed by atoms with Crippen molar-refractivity contribution in [2.45, 2.75) is 38.9 Å². The van der Waals surface area contributed by atoms with Crippen LogP contribution in [0.3, 0.4) is 0 Å². The number of carboxylic acid groups (broad SMARTS) is 2. The summed E-state index contributed by atoms with van der Waals surface area (Å²) in [6.07, 6.45) is 1.06. The quantitative estimate of drug-likeness (QED) is 0.246. The Morgan fingerprint density at radius 1 is 0.808 bits per heavy atom. The van der Waals surface area contributed by atoms with E-state index in [1.54, 1.807) is 0 Å². The fourth-order valence-corrected chi connectivity index (χ4v) is 0.769. The first-order valence-corrected chi connectivity index (χ1v) is 7.40. The molecular weight excluding hydrogens is 352 g/mol. The minimum Gasteiger partial charge on any atom is -0.479 e. The van der Waals surface area contributed by atoms with Crippen LogP contribution in [0.1, 0.15) is 26.7 Å². The Labute approximate surface area is 151 Å². The van der Waals surface area contributed by atoms with Gasteiger partial charge in [-0.05, 0) is 26.7 Å². The van der Waals surface area contributed by atoms with Crippen LogP contribution < -0.4 is 0 Å². The van der Waals surface area contributed by atoms with Crippen LogP contribution in [0, 0.1) is 0 Å². The van der Waals surface area contributed by atoms with Crippen LogP contribution in [0.25, 0.3) is 0 Å². The lowest BCUT2D eigenvalue weighted by Crippen LogP contribution is -2.22. The number of carbonyl (C=O) groups is 4. The van der Waals surface area contributed by atoms with Gasteiger partial charge < -0.3 is 29.9 Å². The molecule has 0 aliphatic carbocycles. The number of rotatable bonds is 9. The number of carbonyl (C=O) groups excluding carboxylic acids is 2. The minimum atomic E-state index is -1.17. The number of ether oxygens (including phenoxy) is 2. The van der Waals surface area contributed by atoms with E-state index in [1.807, 2.05) is 0 Å². The molecule has 2 atom stereocenters. The molecule has 0 radical (unpaired) electrons. The predicted molar refractivity (Wildman–Crippen MR) is 90.2 cm³/mol.